The van der Waals surface area contributed by atoms with E-state index in [2.05, 4.69) is 45.0 Å². The minimum atomic E-state index is -0.00694. The molecule has 2 aliphatic heterocycles. The summed E-state index contributed by atoms with van der Waals surface area (Å²) in [5.41, 5.74) is 6.22. The van der Waals surface area contributed by atoms with E-state index in [1.165, 1.54) is 12.7 Å². The quantitative estimate of drug-likeness (QED) is 0.137. The van der Waals surface area contributed by atoms with Crippen molar-refractivity contribution in [3.63, 3.8) is 0 Å². The molecule has 0 unspecified atom stereocenters. The topological polar surface area (TPSA) is 164 Å². The van der Waals surface area contributed by atoms with E-state index in [1.807, 2.05) is 73.9 Å². The number of nitrogens with zero attached hydrogens (tertiary/aromatic N) is 11. The van der Waals surface area contributed by atoms with Crippen molar-refractivity contribution in [2.45, 2.75) is 53.8 Å². The molecular weight excluding hydrogens is 950 g/mol. The van der Waals surface area contributed by atoms with E-state index >= 15 is 0 Å². The first-order valence-corrected chi connectivity index (χ1v) is 22.6. The summed E-state index contributed by atoms with van der Waals surface area (Å²) >= 11 is 30.3. The molecule has 2 aromatic carbocycles. The highest BCUT2D eigenvalue weighted by atomic mass is 35.5. The summed E-state index contributed by atoms with van der Waals surface area (Å²) in [6.45, 7) is 12.2. The molecule has 2 saturated heterocycles. The zero-order valence-corrected chi connectivity index (χ0v) is 40.5. The van der Waals surface area contributed by atoms with Gasteiger partial charge < -0.3 is 29.1 Å². The Balaban J connectivity index is 0.000000204. The van der Waals surface area contributed by atoms with E-state index in [4.69, 9.17) is 67.5 Å². The number of alkyl halides is 1. The van der Waals surface area contributed by atoms with E-state index in [9.17, 15) is 9.59 Å². The van der Waals surface area contributed by atoms with Crippen LogP contribution in [0.3, 0.4) is 0 Å². The van der Waals surface area contributed by atoms with Crippen LogP contribution in [0.5, 0.6) is 11.5 Å². The van der Waals surface area contributed by atoms with Crippen LogP contribution >= 0.6 is 58.0 Å². The average molecular weight is 1000 g/mol. The van der Waals surface area contributed by atoms with E-state index in [0.717, 1.165) is 41.5 Å². The van der Waals surface area contributed by atoms with Gasteiger partial charge in [-0.05, 0) is 64.1 Å². The Labute approximate surface area is 410 Å². The van der Waals surface area contributed by atoms with Gasteiger partial charge in [0.15, 0.2) is 0 Å². The lowest BCUT2D eigenvalue weighted by Crippen LogP contribution is -2.54. The highest BCUT2D eigenvalue weighted by molar-refractivity contribution is 6.34. The number of piperazine rings is 2. The Kier molecular flexibility index (Phi) is 18.7. The normalized spacial score (nSPS) is 15.7. The first-order chi connectivity index (χ1) is 31.2. The molecule has 1 N–H and O–H groups in total. The van der Waals surface area contributed by atoms with Gasteiger partial charge >= 0.3 is 0 Å². The van der Waals surface area contributed by atoms with Crippen LogP contribution in [-0.2, 0) is 16.1 Å². The number of carbonyl (C=O) groups is 2. The second-order valence-electron chi connectivity index (χ2n) is 15.1. The molecule has 0 radical (unpaired) electrons. The molecule has 6 aromatic rings. The molecule has 2 fully saturated rings. The fourth-order valence-corrected chi connectivity index (χ4v) is 8.36. The molecule has 0 bridgehead atoms. The Morgan fingerprint density at radius 1 is 0.712 bits per heavy atom. The van der Waals surface area contributed by atoms with Crippen LogP contribution in [0.25, 0.3) is 22.8 Å². The van der Waals surface area contributed by atoms with E-state index < -0.39 is 0 Å². The van der Waals surface area contributed by atoms with Gasteiger partial charge in [-0.3, -0.25) is 19.4 Å². The minimum Gasteiger partial charge on any atom is -0.495 e. The van der Waals surface area contributed by atoms with Gasteiger partial charge in [-0.1, -0.05) is 53.8 Å². The first kappa shape index (κ1) is 51.6. The molecule has 0 aliphatic carbocycles. The number of anilines is 2. The highest BCUT2D eigenvalue weighted by Gasteiger charge is 2.30. The largest absolute Gasteiger partial charge is 0.495 e. The number of halogens is 5. The second kappa shape index (κ2) is 23.9. The lowest BCUT2D eigenvalue weighted by Gasteiger charge is -2.41. The standard InChI is InChI=1S/C22H24Cl2N6O2.C14H18Cl2N2O2.C8H7ClN4.CH4/c1-14-11-28(16-4-5-17(23)19(10-16)32-3)8-9-29(14)20(31)12-30-15(2)21(24)22(27-30)18-6-7-25-13-26-18;1-10-9-17(5-6-18(10)14(19)8-15)11-3-4-12(16)13(7-11)20-2;1-5-7(9)8(13-12-5)6-2-3-10-4-11-6;/h4-7,10,13-14H,8-9,11-12H2,1-3H3;3-4,7,10H,5-6,8-9H2,1-2H3;2-4H,1H3,(H,12,13);1H4/t14-;10-;;/m00../s1. The first-order valence-electron chi connectivity index (χ1n) is 20.5. The lowest BCUT2D eigenvalue weighted by molar-refractivity contribution is -0.134. The minimum absolute atomic E-state index is 0. The Morgan fingerprint density at radius 2 is 1.21 bits per heavy atom. The van der Waals surface area contributed by atoms with Crippen molar-refractivity contribution < 1.29 is 19.1 Å². The molecule has 2 atom stereocenters. The van der Waals surface area contributed by atoms with Crippen molar-refractivity contribution in [2.24, 2.45) is 0 Å². The number of carbonyl (C=O) groups excluding carboxylic acids is 2. The van der Waals surface area contributed by atoms with Crippen LogP contribution in [0.4, 0.5) is 11.4 Å². The number of hydrogen-bond donors (Lipinski definition) is 1. The van der Waals surface area contributed by atoms with Crippen molar-refractivity contribution in [1.82, 2.24) is 49.7 Å². The number of ether oxygens (including phenoxy) is 2. The average Bonchev–Trinajstić information content (AvgIpc) is 3.81. The zero-order chi connectivity index (χ0) is 46.8. The predicted molar refractivity (Wildman–Crippen MR) is 263 cm³/mol. The highest BCUT2D eigenvalue weighted by Crippen LogP contribution is 2.33. The summed E-state index contributed by atoms with van der Waals surface area (Å²) < 4.78 is 12.2. The number of hydrogen-bond acceptors (Lipinski definition) is 12. The maximum atomic E-state index is 13.1. The van der Waals surface area contributed by atoms with Gasteiger partial charge in [0.25, 0.3) is 0 Å². The van der Waals surface area contributed by atoms with Gasteiger partial charge in [0.1, 0.15) is 48.0 Å². The zero-order valence-electron chi connectivity index (χ0n) is 36.7. The number of methoxy groups -OCH3 is 2. The van der Waals surface area contributed by atoms with Gasteiger partial charge in [0, 0.05) is 87.3 Å². The Hall–Kier alpha value is -5.39. The monoisotopic (exact) mass is 1000 g/mol. The summed E-state index contributed by atoms with van der Waals surface area (Å²) in [4.78, 5) is 49.0. The molecule has 2 aliphatic rings. The molecule has 0 saturated carbocycles. The molecule has 6 heterocycles. The number of amides is 2. The molecular formula is C45H53Cl5N12O4. The van der Waals surface area contributed by atoms with E-state index in [0.29, 0.717) is 74.9 Å². The van der Waals surface area contributed by atoms with Crippen LogP contribution in [0.1, 0.15) is 32.7 Å². The molecule has 4 aromatic heterocycles. The van der Waals surface area contributed by atoms with Crippen LogP contribution in [0, 0.1) is 13.8 Å². The van der Waals surface area contributed by atoms with Gasteiger partial charge in [-0.15, -0.1) is 11.6 Å². The number of aromatic amines is 1. The molecule has 16 nitrogen and oxygen atoms in total. The predicted octanol–water partition coefficient (Wildman–Crippen LogP) is 8.79. The van der Waals surface area contributed by atoms with Crippen LogP contribution in [-0.4, -0.2) is 133 Å². The van der Waals surface area contributed by atoms with Crippen molar-refractivity contribution in [1.29, 1.82) is 0 Å². The fourth-order valence-electron chi connectivity index (χ4n) is 7.40. The number of aromatic nitrogens is 8. The number of benzene rings is 2. The van der Waals surface area contributed by atoms with Crippen molar-refractivity contribution in [2.75, 3.05) is 69.2 Å². The lowest BCUT2D eigenvalue weighted by atomic mass is 10.1. The molecule has 352 valence electrons. The van der Waals surface area contributed by atoms with Gasteiger partial charge in [-0.2, -0.15) is 10.2 Å². The summed E-state index contributed by atoms with van der Waals surface area (Å²) in [5, 5.41) is 13.6. The van der Waals surface area contributed by atoms with Crippen molar-refractivity contribution >= 4 is 81.2 Å². The van der Waals surface area contributed by atoms with Gasteiger partial charge in [0.05, 0.1) is 57.1 Å². The fraction of sp³-hybridized carbons (Fsp3) is 0.378. The summed E-state index contributed by atoms with van der Waals surface area (Å²) in [5.74, 6) is 1.34. The van der Waals surface area contributed by atoms with Gasteiger partial charge in [-0.25, -0.2) is 19.9 Å². The van der Waals surface area contributed by atoms with Crippen molar-refractivity contribution in [3.05, 3.63) is 105 Å². The molecule has 66 heavy (non-hydrogen) atoms. The summed E-state index contributed by atoms with van der Waals surface area (Å²) in [6, 6.07) is 15.1. The maximum absolute atomic E-state index is 13.1. The Morgan fingerprint density at radius 3 is 1.64 bits per heavy atom. The maximum Gasteiger partial charge on any atom is 0.244 e. The number of nitrogens with one attached hydrogen (secondary N) is 1. The summed E-state index contributed by atoms with van der Waals surface area (Å²) in [6.07, 6.45) is 6.20. The van der Waals surface area contributed by atoms with Gasteiger partial charge in [0.2, 0.25) is 11.8 Å². The second-order valence-corrected chi connectivity index (χ2v) is 17.0. The molecule has 0 spiro atoms. The van der Waals surface area contributed by atoms with Crippen LogP contribution in [0.2, 0.25) is 20.1 Å². The number of H-pyrrole nitrogens is 1. The SMILES string of the molecule is C.COc1cc(N2CCN(C(=O)CCl)[C@@H](C)C2)ccc1Cl.COc1cc(N2CCN(C(=O)Cn3nc(-c4ccncn4)c(Cl)c3C)[C@@H](C)C2)ccc1Cl.Cc1[nH]nc(-c2ccncn2)c1Cl. The third-order valence-electron chi connectivity index (χ3n) is 10.9. The molecule has 8 rings (SSSR count). The third-order valence-corrected chi connectivity index (χ3v) is 12.7. The summed E-state index contributed by atoms with van der Waals surface area (Å²) in [7, 11) is 3.20. The third kappa shape index (κ3) is 12.3. The van der Waals surface area contributed by atoms with Crippen LogP contribution < -0.4 is 19.3 Å². The van der Waals surface area contributed by atoms with Crippen molar-refractivity contribution in [3.8, 4) is 34.3 Å². The van der Waals surface area contributed by atoms with E-state index in [1.54, 1.807) is 43.4 Å². The van der Waals surface area contributed by atoms with Crippen LogP contribution in [0.15, 0.2) is 73.6 Å². The number of aryl methyl sites for hydroxylation is 1. The van der Waals surface area contributed by atoms with E-state index in [-0.39, 0.29) is 43.7 Å². The number of rotatable bonds is 9. The molecule has 2 amide bonds. The smallest absolute Gasteiger partial charge is 0.244 e. The molecule has 21 heteroatoms. The Bertz CT molecular complexity index is 2550.